The highest BCUT2D eigenvalue weighted by Gasteiger charge is 2.15. The predicted molar refractivity (Wildman–Crippen MR) is 103 cm³/mol. The van der Waals surface area contributed by atoms with E-state index in [4.69, 9.17) is 0 Å². The van der Waals surface area contributed by atoms with Crippen LogP contribution in [0.5, 0.6) is 0 Å². The molecule has 1 aliphatic rings. The lowest BCUT2D eigenvalue weighted by atomic mass is 10.1. The number of benzene rings is 1. The van der Waals surface area contributed by atoms with Crippen LogP contribution >= 0.6 is 21.6 Å². The first-order valence-electron chi connectivity index (χ1n) is 8.65. The molecule has 2 rings (SSSR count). The Morgan fingerprint density at radius 1 is 1.24 bits per heavy atom. The Morgan fingerprint density at radius 2 is 2.04 bits per heavy atom. The van der Waals surface area contributed by atoms with Crippen molar-refractivity contribution >= 4 is 33.4 Å². The van der Waals surface area contributed by atoms with E-state index in [0.29, 0.717) is 25.1 Å². The molecule has 1 atom stereocenters. The van der Waals surface area contributed by atoms with Gasteiger partial charge in [0.05, 0.1) is 0 Å². The van der Waals surface area contributed by atoms with E-state index in [9.17, 15) is 14.0 Å². The summed E-state index contributed by atoms with van der Waals surface area (Å²) >= 11 is 0. The fraction of sp³-hybridized carbons (Fsp3) is 0.556. The number of aryl methyl sites for hydroxylation is 1. The summed E-state index contributed by atoms with van der Waals surface area (Å²) in [6, 6.07) is 4.40. The lowest BCUT2D eigenvalue weighted by Crippen LogP contribution is -2.34. The van der Waals surface area contributed by atoms with Gasteiger partial charge in [-0.25, -0.2) is 4.39 Å². The Hall–Kier alpha value is -1.21. The third kappa shape index (κ3) is 7.28. The van der Waals surface area contributed by atoms with Crippen LogP contribution in [0.2, 0.25) is 0 Å². The van der Waals surface area contributed by atoms with Crippen LogP contribution in [0.15, 0.2) is 18.2 Å². The monoisotopic (exact) mass is 384 g/mol. The van der Waals surface area contributed by atoms with Gasteiger partial charge in [-0.05, 0) is 43.9 Å². The number of amides is 2. The van der Waals surface area contributed by atoms with E-state index in [-0.39, 0.29) is 17.4 Å². The van der Waals surface area contributed by atoms with Gasteiger partial charge in [0.15, 0.2) is 0 Å². The fourth-order valence-electron chi connectivity index (χ4n) is 2.52. The summed E-state index contributed by atoms with van der Waals surface area (Å²) in [5.41, 5.74) is 0.798. The molecule has 4 nitrogen and oxygen atoms in total. The first-order chi connectivity index (χ1) is 12.1. The van der Waals surface area contributed by atoms with Gasteiger partial charge in [0, 0.05) is 36.1 Å². The first kappa shape index (κ1) is 20.1. The second-order valence-corrected chi connectivity index (χ2v) is 8.93. The van der Waals surface area contributed by atoms with Gasteiger partial charge < -0.3 is 10.6 Å². The second kappa shape index (κ2) is 10.7. The molecule has 2 N–H and O–H groups in total. The van der Waals surface area contributed by atoms with Crippen LogP contribution in [0.3, 0.4) is 0 Å². The number of carbonyl (C=O) groups excluding carboxylic acids is 2. The molecule has 1 heterocycles. The minimum absolute atomic E-state index is 0.0177. The summed E-state index contributed by atoms with van der Waals surface area (Å²) in [6.07, 6.45) is 4.99. The number of carbonyl (C=O) groups is 2. The maximum Gasteiger partial charge on any atom is 0.251 e. The molecule has 0 bridgehead atoms. The molecule has 7 heteroatoms. The molecule has 1 unspecified atom stereocenters. The van der Waals surface area contributed by atoms with Gasteiger partial charge in [0.2, 0.25) is 5.91 Å². The molecule has 0 radical (unpaired) electrons. The average Bonchev–Trinajstić information content (AvgIpc) is 3.11. The van der Waals surface area contributed by atoms with Crippen molar-refractivity contribution in [3.05, 3.63) is 35.1 Å². The summed E-state index contributed by atoms with van der Waals surface area (Å²) < 4.78 is 13.4. The molecule has 1 fully saturated rings. The van der Waals surface area contributed by atoms with E-state index in [2.05, 4.69) is 10.6 Å². The molecule has 0 aliphatic carbocycles. The van der Waals surface area contributed by atoms with Crippen molar-refractivity contribution in [2.75, 3.05) is 18.8 Å². The number of halogens is 1. The zero-order chi connectivity index (χ0) is 18.1. The van der Waals surface area contributed by atoms with Crippen molar-refractivity contribution in [2.24, 2.45) is 0 Å². The summed E-state index contributed by atoms with van der Waals surface area (Å²) in [6.45, 7) is 2.36. The molecule has 0 saturated carbocycles. The summed E-state index contributed by atoms with van der Waals surface area (Å²) in [4.78, 5) is 23.6. The SMILES string of the molecule is Cc1ccc(C(=O)NCCNC(=O)CCCCC2CCSS2)cc1F. The minimum Gasteiger partial charge on any atom is -0.354 e. The van der Waals surface area contributed by atoms with Crippen LogP contribution in [0.1, 0.15) is 48.0 Å². The van der Waals surface area contributed by atoms with Gasteiger partial charge in [0.1, 0.15) is 5.82 Å². The van der Waals surface area contributed by atoms with Gasteiger partial charge in [0.25, 0.3) is 5.91 Å². The highest BCUT2D eigenvalue weighted by molar-refractivity contribution is 8.77. The third-order valence-electron chi connectivity index (χ3n) is 4.07. The Balaban J connectivity index is 1.53. The molecule has 2 amide bonds. The lowest BCUT2D eigenvalue weighted by molar-refractivity contribution is -0.121. The van der Waals surface area contributed by atoms with E-state index in [1.807, 2.05) is 21.6 Å². The van der Waals surface area contributed by atoms with Crippen LogP contribution in [-0.2, 0) is 4.79 Å². The van der Waals surface area contributed by atoms with Gasteiger partial charge in [-0.15, -0.1) is 0 Å². The van der Waals surface area contributed by atoms with E-state index in [1.165, 1.54) is 24.7 Å². The lowest BCUT2D eigenvalue weighted by Gasteiger charge is -2.09. The molecule has 25 heavy (non-hydrogen) atoms. The third-order valence-corrected chi connectivity index (χ3v) is 7.08. The van der Waals surface area contributed by atoms with E-state index in [1.54, 1.807) is 19.1 Å². The number of hydrogen-bond acceptors (Lipinski definition) is 4. The topological polar surface area (TPSA) is 58.2 Å². The second-order valence-electron chi connectivity index (χ2n) is 6.14. The standard InChI is InChI=1S/C18H25FN2O2S2/c1-13-6-7-14(12-16(13)19)18(23)21-10-9-20-17(22)5-3-2-4-15-8-11-24-25-15/h6-7,12,15H,2-5,8-11H2,1H3,(H,20,22)(H,21,23). The zero-order valence-electron chi connectivity index (χ0n) is 14.5. The predicted octanol–water partition coefficient (Wildman–Crippen LogP) is 3.69. The maximum atomic E-state index is 13.4. The molecular formula is C18H25FN2O2S2. The molecule has 1 aromatic rings. The van der Waals surface area contributed by atoms with E-state index in [0.717, 1.165) is 18.1 Å². The molecule has 0 spiro atoms. The van der Waals surface area contributed by atoms with Crippen LogP contribution in [0.25, 0.3) is 0 Å². The maximum absolute atomic E-state index is 13.4. The number of nitrogens with one attached hydrogen (secondary N) is 2. The quantitative estimate of drug-likeness (QED) is 0.504. The van der Waals surface area contributed by atoms with Crippen molar-refractivity contribution in [1.29, 1.82) is 0 Å². The average molecular weight is 385 g/mol. The van der Waals surface area contributed by atoms with Gasteiger partial charge in [-0.1, -0.05) is 34.1 Å². The smallest absolute Gasteiger partial charge is 0.251 e. The normalized spacial score (nSPS) is 16.6. The summed E-state index contributed by atoms with van der Waals surface area (Å²) in [5.74, 6) is 0.538. The Morgan fingerprint density at radius 3 is 2.76 bits per heavy atom. The van der Waals surface area contributed by atoms with Gasteiger partial charge >= 0.3 is 0 Å². The van der Waals surface area contributed by atoms with Crippen molar-refractivity contribution in [3.8, 4) is 0 Å². The molecule has 1 aromatic carbocycles. The van der Waals surface area contributed by atoms with Crippen LogP contribution in [0, 0.1) is 12.7 Å². The number of hydrogen-bond donors (Lipinski definition) is 2. The number of unbranched alkanes of at least 4 members (excludes halogenated alkanes) is 1. The van der Waals surface area contributed by atoms with Gasteiger partial charge in [-0.2, -0.15) is 0 Å². The molecule has 138 valence electrons. The molecule has 1 aliphatic heterocycles. The summed E-state index contributed by atoms with van der Waals surface area (Å²) in [5, 5.41) is 6.24. The van der Waals surface area contributed by atoms with Crippen LogP contribution < -0.4 is 10.6 Å². The fourth-order valence-corrected chi connectivity index (χ4v) is 5.55. The van der Waals surface area contributed by atoms with Crippen molar-refractivity contribution < 1.29 is 14.0 Å². The van der Waals surface area contributed by atoms with E-state index < -0.39 is 5.82 Å². The first-order valence-corrected chi connectivity index (χ1v) is 11.0. The van der Waals surface area contributed by atoms with Crippen LogP contribution in [-0.4, -0.2) is 35.9 Å². The van der Waals surface area contributed by atoms with Crippen molar-refractivity contribution in [3.63, 3.8) is 0 Å². The molecular weight excluding hydrogens is 359 g/mol. The molecule has 0 aromatic heterocycles. The highest BCUT2D eigenvalue weighted by Crippen LogP contribution is 2.39. The molecule has 1 saturated heterocycles. The van der Waals surface area contributed by atoms with Crippen molar-refractivity contribution in [1.82, 2.24) is 10.6 Å². The Labute approximate surface area is 156 Å². The summed E-state index contributed by atoms with van der Waals surface area (Å²) in [7, 11) is 3.92. The Kier molecular flexibility index (Phi) is 8.61. The highest BCUT2D eigenvalue weighted by atomic mass is 33.1. The largest absolute Gasteiger partial charge is 0.354 e. The Bertz CT molecular complexity index is 592. The van der Waals surface area contributed by atoms with Crippen molar-refractivity contribution in [2.45, 2.75) is 44.3 Å². The number of rotatable bonds is 9. The zero-order valence-corrected chi connectivity index (χ0v) is 16.1. The van der Waals surface area contributed by atoms with E-state index >= 15 is 0 Å². The van der Waals surface area contributed by atoms with Gasteiger partial charge in [-0.3, -0.25) is 9.59 Å². The van der Waals surface area contributed by atoms with Crippen LogP contribution in [0.4, 0.5) is 4.39 Å². The minimum atomic E-state index is -0.393.